The van der Waals surface area contributed by atoms with Crippen molar-refractivity contribution in [2.75, 3.05) is 7.05 Å². The van der Waals surface area contributed by atoms with Crippen molar-refractivity contribution in [3.05, 3.63) is 34.7 Å². The maximum absolute atomic E-state index is 12.9. The zero-order chi connectivity index (χ0) is 17.7. The quantitative estimate of drug-likeness (QED) is 0.912. The molecule has 2 aromatic rings. The van der Waals surface area contributed by atoms with Gasteiger partial charge in [-0.1, -0.05) is 12.1 Å². The highest BCUT2D eigenvalue weighted by atomic mass is 16.2. The van der Waals surface area contributed by atoms with Crippen LogP contribution in [0.15, 0.2) is 29.1 Å². The van der Waals surface area contributed by atoms with Crippen molar-refractivity contribution in [2.24, 2.45) is 0 Å². The Kier molecular flexibility index (Phi) is 3.95. The summed E-state index contributed by atoms with van der Waals surface area (Å²) in [5.74, 6) is 0. The molecule has 25 heavy (non-hydrogen) atoms. The standard InChI is InChI=1S/C19H26N4O2/c1-12(2)22-16-6-4-5-7-17(16)23(19(22)25)18(24)20-13-10-14-8-9-15(11-13)21(14)3/h4-7,12-15H,8-11H2,1-3H3,(H,20,24)/t13-,14+,15-. The summed E-state index contributed by atoms with van der Waals surface area (Å²) < 4.78 is 2.99. The van der Waals surface area contributed by atoms with Crippen molar-refractivity contribution in [3.63, 3.8) is 0 Å². The van der Waals surface area contributed by atoms with Crippen LogP contribution in [-0.4, -0.2) is 45.2 Å². The summed E-state index contributed by atoms with van der Waals surface area (Å²) in [6.07, 6.45) is 4.35. The molecule has 0 unspecified atom stereocenters. The number of carbonyl (C=O) groups is 1. The predicted molar refractivity (Wildman–Crippen MR) is 98.1 cm³/mol. The fourth-order valence-corrected chi connectivity index (χ4v) is 4.63. The molecule has 0 aliphatic carbocycles. The van der Waals surface area contributed by atoms with Crippen LogP contribution in [0.3, 0.4) is 0 Å². The Hall–Kier alpha value is -2.08. The van der Waals surface area contributed by atoms with Gasteiger partial charge in [-0.15, -0.1) is 0 Å². The molecule has 134 valence electrons. The molecule has 2 aliphatic heterocycles. The predicted octanol–water partition coefficient (Wildman–Crippen LogP) is 2.57. The van der Waals surface area contributed by atoms with Crippen LogP contribution in [0.1, 0.15) is 45.6 Å². The van der Waals surface area contributed by atoms with E-state index in [-0.39, 0.29) is 23.8 Å². The smallest absolute Gasteiger partial charge is 0.334 e. The topological polar surface area (TPSA) is 59.3 Å². The molecule has 6 nitrogen and oxygen atoms in total. The van der Waals surface area contributed by atoms with Gasteiger partial charge in [-0.2, -0.15) is 0 Å². The molecule has 1 N–H and O–H groups in total. The number of nitrogens with one attached hydrogen (secondary N) is 1. The first-order valence-corrected chi connectivity index (χ1v) is 9.22. The van der Waals surface area contributed by atoms with Gasteiger partial charge >= 0.3 is 11.7 Å². The Balaban J connectivity index is 1.65. The van der Waals surface area contributed by atoms with Crippen molar-refractivity contribution in [3.8, 4) is 0 Å². The molecule has 1 aromatic heterocycles. The SMILES string of the molecule is CC(C)n1c(=O)n(C(=O)N[C@H]2C[C@H]3CC[C@@H](C2)N3C)c2ccccc21. The van der Waals surface area contributed by atoms with E-state index in [0.717, 1.165) is 18.4 Å². The van der Waals surface area contributed by atoms with Gasteiger partial charge in [0.1, 0.15) is 0 Å². The number of rotatable bonds is 2. The minimum absolute atomic E-state index is 0.00521. The molecule has 2 aliphatic rings. The lowest BCUT2D eigenvalue weighted by atomic mass is 9.98. The minimum Gasteiger partial charge on any atom is -0.334 e. The van der Waals surface area contributed by atoms with Crippen molar-refractivity contribution in [2.45, 2.75) is 63.7 Å². The van der Waals surface area contributed by atoms with Crippen LogP contribution >= 0.6 is 0 Å². The molecule has 4 rings (SSSR count). The van der Waals surface area contributed by atoms with Gasteiger partial charge in [-0.25, -0.2) is 14.2 Å². The lowest BCUT2D eigenvalue weighted by Gasteiger charge is -2.36. The first-order chi connectivity index (χ1) is 12.0. The third kappa shape index (κ3) is 2.59. The molecular formula is C19H26N4O2. The summed E-state index contributed by atoms with van der Waals surface area (Å²) in [4.78, 5) is 28.2. The molecule has 2 bridgehead atoms. The third-order valence-electron chi connectivity index (χ3n) is 5.92. The van der Waals surface area contributed by atoms with Crippen molar-refractivity contribution >= 4 is 17.1 Å². The lowest BCUT2D eigenvalue weighted by Crippen LogP contribution is -2.50. The Morgan fingerprint density at radius 2 is 1.72 bits per heavy atom. The first kappa shape index (κ1) is 16.4. The zero-order valence-electron chi connectivity index (χ0n) is 15.1. The molecular weight excluding hydrogens is 316 g/mol. The highest BCUT2D eigenvalue weighted by Crippen LogP contribution is 2.34. The van der Waals surface area contributed by atoms with Gasteiger partial charge in [-0.05, 0) is 58.7 Å². The number of aromatic nitrogens is 2. The van der Waals surface area contributed by atoms with E-state index < -0.39 is 0 Å². The van der Waals surface area contributed by atoms with Gasteiger partial charge < -0.3 is 10.2 Å². The largest absolute Gasteiger partial charge is 0.337 e. The van der Waals surface area contributed by atoms with E-state index in [4.69, 9.17) is 0 Å². The van der Waals surface area contributed by atoms with Gasteiger partial charge in [0.15, 0.2) is 0 Å². The van der Waals surface area contributed by atoms with Crippen LogP contribution in [0.25, 0.3) is 11.0 Å². The molecule has 1 aromatic carbocycles. The van der Waals surface area contributed by atoms with E-state index in [2.05, 4.69) is 17.3 Å². The summed E-state index contributed by atoms with van der Waals surface area (Å²) >= 11 is 0. The van der Waals surface area contributed by atoms with E-state index >= 15 is 0 Å². The number of hydrogen-bond donors (Lipinski definition) is 1. The van der Waals surface area contributed by atoms with Gasteiger partial charge in [0.05, 0.1) is 11.0 Å². The van der Waals surface area contributed by atoms with Crippen LogP contribution in [0.4, 0.5) is 4.79 Å². The second-order valence-corrected chi connectivity index (χ2v) is 7.74. The number of amides is 1. The number of benzene rings is 1. The summed E-state index contributed by atoms with van der Waals surface area (Å²) in [6, 6.07) is 8.47. The van der Waals surface area contributed by atoms with Gasteiger partial charge in [0.2, 0.25) is 0 Å². The van der Waals surface area contributed by atoms with E-state index in [1.807, 2.05) is 38.1 Å². The van der Waals surface area contributed by atoms with Crippen LogP contribution in [0.5, 0.6) is 0 Å². The van der Waals surface area contributed by atoms with E-state index in [9.17, 15) is 9.59 Å². The first-order valence-electron chi connectivity index (χ1n) is 9.22. The van der Waals surface area contributed by atoms with Gasteiger partial charge in [0, 0.05) is 24.2 Å². The average molecular weight is 342 g/mol. The Morgan fingerprint density at radius 3 is 2.32 bits per heavy atom. The highest BCUT2D eigenvalue weighted by molar-refractivity contribution is 5.89. The normalized spacial score (nSPS) is 26.5. The van der Waals surface area contributed by atoms with Crippen LogP contribution in [0, 0.1) is 0 Å². The molecule has 3 atom stereocenters. The number of fused-ring (bicyclic) bond motifs is 3. The van der Waals surface area contributed by atoms with Gasteiger partial charge in [0.25, 0.3) is 0 Å². The summed E-state index contributed by atoms with van der Waals surface area (Å²) in [7, 11) is 2.18. The molecule has 2 saturated heterocycles. The van der Waals surface area contributed by atoms with Crippen LogP contribution < -0.4 is 11.0 Å². The van der Waals surface area contributed by atoms with Crippen LogP contribution in [-0.2, 0) is 0 Å². The van der Waals surface area contributed by atoms with Crippen LogP contribution in [0.2, 0.25) is 0 Å². The Morgan fingerprint density at radius 1 is 1.12 bits per heavy atom. The maximum atomic E-state index is 12.9. The number of hydrogen-bond acceptors (Lipinski definition) is 3. The number of para-hydroxylation sites is 2. The highest BCUT2D eigenvalue weighted by Gasteiger charge is 2.39. The Labute approximate surface area is 147 Å². The molecule has 3 heterocycles. The van der Waals surface area contributed by atoms with E-state index in [1.165, 1.54) is 17.4 Å². The third-order valence-corrected chi connectivity index (χ3v) is 5.92. The fourth-order valence-electron chi connectivity index (χ4n) is 4.63. The van der Waals surface area contributed by atoms with Crippen molar-refractivity contribution in [1.29, 1.82) is 0 Å². The van der Waals surface area contributed by atoms with E-state index in [0.29, 0.717) is 17.6 Å². The van der Waals surface area contributed by atoms with E-state index in [1.54, 1.807) is 4.57 Å². The number of piperidine rings is 1. The summed E-state index contributed by atoms with van der Waals surface area (Å²) in [5.41, 5.74) is 1.22. The molecule has 1 amide bonds. The summed E-state index contributed by atoms with van der Waals surface area (Å²) in [5, 5.41) is 3.13. The summed E-state index contributed by atoms with van der Waals surface area (Å²) in [6.45, 7) is 3.93. The monoisotopic (exact) mass is 342 g/mol. The number of imidazole rings is 1. The zero-order valence-corrected chi connectivity index (χ0v) is 15.1. The maximum Gasteiger partial charge on any atom is 0.337 e. The molecule has 0 spiro atoms. The number of nitrogens with zero attached hydrogens (tertiary/aromatic N) is 3. The molecule has 0 radical (unpaired) electrons. The van der Waals surface area contributed by atoms with Gasteiger partial charge in [-0.3, -0.25) is 4.57 Å². The molecule has 0 saturated carbocycles. The minimum atomic E-state index is -0.297. The average Bonchev–Trinajstić information content (AvgIpc) is 2.95. The molecule has 2 fully saturated rings. The lowest BCUT2D eigenvalue weighted by molar-refractivity contribution is 0.149. The van der Waals surface area contributed by atoms with Crippen molar-refractivity contribution < 1.29 is 4.79 Å². The molecule has 6 heteroatoms. The second-order valence-electron chi connectivity index (χ2n) is 7.74. The Bertz CT molecular complexity index is 852. The van der Waals surface area contributed by atoms with Crippen molar-refractivity contribution in [1.82, 2.24) is 19.4 Å². The number of carbonyl (C=O) groups excluding carboxylic acids is 1. The second kappa shape index (κ2) is 6.02. The fraction of sp³-hybridized carbons (Fsp3) is 0.579.